The van der Waals surface area contributed by atoms with E-state index in [-0.39, 0.29) is 5.91 Å². The van der Waals surface area contributed by atoms with E-state index in [4.69, 9.17) is 4.74 Å². The molecule has 0 spiro atoms. The molecule has 4 aromatic rings. The van der Waals surface area contributed by atoms with Gasteiger partial charge in [0.15, 0.2) is 0 Å². The second kappa shape index (κ2) is 7.00. The highest BCUT2D eigenvalue weighted by Crippen LogP contribution is 2.33. The van der Waals surface area contributed by atoms with Crippen molar-refractivity contribution in [3.63, 3.8) is 0 Å². The van der Waals surface area contributed by atoms with E-state index >= 15 is 0 Å². The molecule has 0 atom stereocenters. The minimum Gasteiger partial charge on any atom is -0.494 e. The summed E-state index contributed by atoms with van der Waals surface area (Å²) in [6.45, 7) is 5.87. The van der Waals surface area contributed by atoms with Crippen molar-refractivity contribution in [3.8, 4) is 16.3 Å². The van der Waals surface area contributed by atoms with Crippen LogP contribution in [0.5, 0.6) is 5.75 Å². The number of aryl methyl sites for hydroxylation is 1. The predicted octanol–water partition coefficient (Wildman–Crippen LogP) is 4.53. The molecule has 7 heteroatoms. The van der Waals surface area contributed by atoms with Gasteiger partial charge in [-0.2, -0.15) is 0 Å². The first-order valence-electron chi connectivity index (χ1n) is 9.63. The average molecular weight is 404 g/mol. The van der Waals surface area contributed by atoms with Crippen molar-refractivity contribution in [2.75, 3.05) is 18.1 Å². The third-order valence-electron chi connectivity index (χ3n) is 5.07. The molecule has 0 fully saturated rings. The number of amides is 1. The van der Waals surface area contributed by atoms with Crippen molar-refractivity contribution in [2.24, 2.45) is 0 Å². The molecule has 5 rings (SSSR count). The predicted molar refractivity (Wildman–Crippen MR) is 115 cm³/mol. The van der Waals surface area contributed by atoms with Crippen molar-refractivity contribution >= 4 is 34.2 Å². The van der Waals surface area contributed by atoms with Gasteiger partial charge in [0.1, 0.15) is 15.6 Å². The lowest BCUT2D eigenvalue weighted by molar-refractivity contribution is 0.0992. The molecule has 0 N–H and O–H groups in total. The summed E-state index contributed by atoms with van der Waals surface area (Å²) >= 11 is 1.43. The molecule has 0 saturated carbocycles. The second-order valence-electron chi connectivity index (χ2n) is 6.90. The van der Waals surface area contributed by atoms with Crippen LogP contribution in [0.25, 0.3) is 21.6 Å². The molecule has 3 heterocycles. The molecule has 0 saturated heterocycles. The number of nitrogens with zero attached hydrogens (tertiary/aromatic N) is 4. The summed E-state index contributed by atoms with van der Waals surface area (Å²) in [7, 11) is 0. The van der Waals surface area contributed by atoms with E-state index in [1.807, 2.05) is 62.4 Å². The molecule has 0 bridgehead atoms. The minimum atomic E-state index is -0.0359. The molecule has 29 heavy (non-hydrogen) atoms. The van der Waals surface area contributed by atoms with Gasteiger partial charge >= 0.3 is 0 Å². The number of anilines is 1. The Morgan fingerprint density at radius 2 is 1.90 bits per heavy atom. The molecular formula is C22H20N4O2S. The summed E-state index contributed by atoms with van der Waals surface area (Å²) in [5, 5.41) is 0.835. The standard InChI is InChI=1S/C22H20N4O2S/c1-3-28-16-10-8-15(9-11-16)20-23-14(2)19(29-20)21(27)26-13-12-25-18-7-5-4-6-17(18)24-22(25)26/h4-11H,3,12-13H2,1-2H3. The number of ether oxygens (including phenoxy) is 1. The third kappa shape index (κ3) is 2.98. The minimum absolute atomic E-state index is 0.0359. The number of hydrogen-bond donors (Lipinski definition) is 0. The van der Waals surface area contributed by atoms with Crippen molar-refractivity contribution < 1.29 is 9.53 Å². The number of fused-ring (bicyclic) bond motifs is 3. The lowest BCUT2D eigenvalue weighted by Crippen LogP contribution is -2.29. The van der Waals surface area contributed by atoms with Gasteiger partial charge < -0.3 is 9.30 Å². The molecule has 0 unspecified atom stereocenters. The SMILES string of the molecule is CCOc1ccc(-c2nc(C)c(C(=O)N3CCn4c3nc3ccccc34)s2)cc1. The van der Waals surface area contributed by atoms with Gasteiger partial charge in [-0.15, -0.1) is 11.3 Å². The number of thiazole rings is 1. The van der Waals surface area contributed by atoms with Crippen LogP contribution in [-0.4, -0.2) is 33.6 Å². The Balaban J connectivity index is 1.46. The van der Waals surface area contributed by atoms with E-state index in [9.17, 15) is 4.79 Å². The van der Waals surface area contributed by atoms with Crippen LogP contribution in [0.3, 0.4) is 0 Å². The summed E-state index contributed by atoms with van der Waals surface area (Å²) in [5.41, 5.74) is 3.71. The number of carbonyl (C=O) groups excluding carboxylic acids is 1. The Morgan fingerprint density at radius 1 is 1.10 bits per heavy atom. The fraction of sp³-hybridized carbons (Fsp3) is 0.227. The zero-order chi connectivity index (χ0) is 20.0. The molecule has 2 aromatic heterocycles. The van der Waals surface area contributed by atoms with E-state index < -0.39 is 0 Å². The van der Waals surface area contributed by atoms with Crippen LogP contribution in [0.1, 0.15) is 22.3 Å². The highest BCUT2D eigenvalue weighted by Gasteiger charge is 2.31. The highest BCUT2D eigenvalue weighted by molar-refractivity contribution is 7.17. The lowest BCUT2D eigenvalue weighted by atomic mass is 10.2. The molecule has 1 aliphatic heterocycles. The van der Waals surface area contributed by atoms with Crippen molar-refractivity contribution in [2.45, 2.75) is 20.4 Å². The lowest BCUT2D eigenvalue weighted by Gasteiger charge is -2.12. The second-order valence-corrected chi connectivity index (χ2v) is 7.90. The van der Waals surface area contributed by atoms with Crippen LogP contribution in [0.4, 0.5) is 5.95 Å². The quantitative estimate of drug-likeness (QED) is 0.501. The fourth-order valence-corrected chi connectivity index (χ4v) is 4.70. The Kier molecular flexibility index (Phi) is 4.32. The number of rotatable bonds is 4. The van der Waals surface area contributed by atoms with Crippen LogP contribution in [-0.2, 0) is 6.54 Å². The summed E-state index contributed by atoms with van der Waals surface area (Å²) < 4.78 is 7.61. The molecular weight excluding hydrogens is 384 g/mol. The first-order chi connectivity index (χ1) is 14.2. The van der Waals surface area contributed by atoms with Crippen molar-refractivity contribution in [1.29, 1.82) is 0 Å². The van der Waals surface area contributed by atoms with Gasteiger partial charge in [-0.3, -0.25) is 9.69 Å². The van der Waals surface area contributed by atoms with Gasteiger partial charge in [-0.25, -0.2) is 9.97 Å². The fourth-order valence-electron chi connectivity index (χ4n) is 3.68. The molecule has 146 valence electrons. The van der Waals surface area contributed by atoms with Crippen LogP contribution in [0.15, 0.2) is 48.5 Å². The number of para-hydroxylation sites is 2. The summed E-state index contributed by atoms with van der Waals surface area (Å²) in [6.07, 6.45) is 0. The number of carbonyl (C=O) groups is 1. The first-order valence-corrected chi connectivity index (χ1v) is 10.4. The Bertz CT molecular complexity index is 1210. The zero-order valence-electron chi connectivity index (χ0n) is 16.3. The van der Waals surface area contributed by atoms with Crippen molar-refractivity contribution in [1.82, 2.24) is 14.5 Å². The maximum absolute atomic E-state index is 13.3. The number of benzene rings is 2. The van der Waals surface area contributed by atoms with Crippen LogP contribution in [0, 0.1) is 6.92 Å². The topological polar surface area (TPSA) is 60.2 Å². The van der Waals surface area contributed by atoms with E-state index in [1.165, 1.54) is 11.3 Å². The van der Waals surface area contributed by atoms with Crippen molar-refractivity contribution in [3.05, 3.63) is 59.1 Å². The Labute approximate surface area is 172 Å². The van der Waals surface area contributed by atoms with Gasteiger partial charge in [0, 0.05) is 18.7 Å². The first kappa shape index (κ1) is 17.9. The van der Waals surface area contributed by atoms with Gasteiger partial charge in [-0.05, 0) is 50.2 Å². The molecule has 0 aliphatic carbocycles. The smallest absolute Gasteiger partial charge is 0.272 e. The van der Waals surface area contributed by atoms with Crippen LogP contribution >= 0.6 is 11.3 Å². The zero-order valence-corrected chi connectivity index (χ0v) is 17.1. The number of hydrogen-bond acceptors (Lipinski definition) is 5. The van der Waals surface area contributed by atoms with E-state index in [1.54, 1.807) is 4.90 Å². The average Bonchev–Trinajstić information content (AvgIpc) is 3.41. The van der Waals surface area contributed by atoms with Crippen LogP contribution < -0.4 is 9.64 Å². The highest BCUT2D eigenvalue weighted by atomic mass is 32.1. The monoisotopic (exact) mass is 404 g/mol. The van der Waals surface area contributed by atoms with Gasteiger partial charge in [0.2, 0.25) is 5.95 Å². The normalized spacial score (nSPS) is 13.1. The molecule has 2 aromatic carbocycles. The largest absolute Gasteiger partial charge is 0.494 e. The molecule has 0 radical (unpaired) electrons. The molecule has 1 aliphatic rings. The Hall–Kier alpha value is -3.19. The van der Waals surface area contributed by atoms with Gasteiger partial charge in [-0.1, -0.05) is 12.1 Å². The van der Waals surface area contributed by atoms with E-state index in [0.717, 1.165) is 39.6 Å². The van der Waals surface area contributed by atoms with E-state index in [0.29, 0.717) is 24.0 Å². The van der Waals surface area contributed by atoms with Crippen LogP contribution in [0.2, 0.25) is 0 Å². The number of imidazole rings is 1. The molecule has 6 nitrogen and oxygen atoms in total. The maximum Gasteiger partial charge on any atom is 0.272 e. The molecule has 1 amide bonds. The summed E-state index contributed by atoms with van der Waals surface area (Å²) in [5.74, 6) is 1.51. The van der Waals surface area contributed by atoms with Gasteiger partial charge in [0.05, 0.1) is 23.3 Å². The summed E-state index contributed by atoms with van der Waals surface area (Å²) in [6, 6.07) is 15.8. The Morgan fingerprint density at radius 3 is 2.69 bits per heavy atom. The van der Waals surface area contributed by atoms with E-state index in [2.05, 4.69) is 14.5 Å². The summed E-state index contributed by atoms with van der Waals surface area (Å²) in [4.78, 5) is 25.1. The van der Waals surface area contributed by atoms with Gasteiger partial charge in [0.25, 0.3) is 5.91 Å². The number of aromatic nitrogens is 3. The third-order valence-corrected chi connectivity index (χ3v) is 6.27. The maximum atomic E-state index is 13.3.